The number of para-hydroxylation sites is 1. The highest BCUT2D eigenvalue weighted by atomic mass is 16.3. The fourth-order valence-electron chi connectivity index (χ4n) is 12.2. The monoisotopic (exact) mass is 694 g/mol. The zero-order valence-corrected chi connectivity index (χ0v) is 33.2. The van der Waals surface area contributed by atoms with Crippen LogP contribution in [0, 0.1) is 52.3 Å². The van der Waals surface area contributed by atoms with Crippen LogP contribution in [0.3, 0.4) is 0 Å². The fraction of sp³-hybridized carbons (Fsp3) is 0.867. The van der Waals surface area contributed by atoms with Crippen molar-refractivity contribution in [3.63, 3.8) is 0 Å². The topological polar surface area (TPSA) is 76.5 Å². The third-order valence-corrected chi connectivity index (χ3v) is 15.1. The number of nitrogens with one attached hydrogen (secondary N) is 3. The van der Waals surface area contributed by atoms with Crippen molar-refractivity contribution < 1.29 is 10.2 Å². The van der Waals surface area contributed by atoms with Crippen molar-refractivity contribution in [1.82, 2.24) is 16.0 Å². The number of hydrogen-bond acceptors (Lipinski definition) is 5. The molecule has 0 aromatic heterocycles. The Kier molecular flexibility index (Phi) is 15.4. The number of aliphatic hydroxyl groups is 1. The summed E-state index contributed by atoms with van der Waals surface area (Å²) in [6.07, 6.45) is 23.8. The maximum absolute atomic E-state index is 11.9. The van der Waals surface area contributed by atoms with E-state index in [1.807, 2.05) is 18.2 Å². The van der Waals surface area contributed by atoms with Crippen molar-refractivity contribution in [2.24, 2.45) is 52.3 Å². The summed E-state index contributed by atoms with van der Waals surface area (Å²) >= 11 is 0. The lowest BCUT2D eigenvalue weighted by Gasteiger charge is -2.62. The summed E-state index contributed by atoms with van der Waals surface area (Å²) in [5, 5.41) is 32.7. The van der Waals surface area contributed by atoms with Gasteiger partial charge in [-0.05, 0) is 155 Å². The molecule has 0 aliphatic heterocycles. The highest BCUT2D eigenvalue weighted by Crippen LogP contribution is 2.68. The minimum absolute atomic E-state index is 0.0789. The van der Waals surface area contributed by atoms with Gasteiger partial charge in [-0.3, -0.25) is 0 Å². The quantitative estimate of drug-likeness (QED) is 0.0829. The molecule has 4 aliphatic carbocycles. The van der Waals surface area contributed by atoms with Gasteiger partial charge in [-0.2, -0.15) is 0 Å². The van der Waals surface area contributed by atoms with Gasteiger partial charge in [0.05, 0.1) is 6.10 Å². The van der Waals surface area contributed by atoms with Gasteiger partial charge in [0.15, 0.2) is 0 Å². The second kappa shape index (κ2) is 19.3. The van der Waals surface area contributed by atoms with E-state index >= 15 is 0 Å². The van der Waals surface area contributed by atoms with Gasteiger partial charge in [-0.25, -0.2) is 0 Å². The fourth-order valence-corrected chi connectivity index (χ4v) is 12.2. The average Bonchev–Trinajstić information content (AvgIpc) is 3.44. The van der Waals surface area contributed by atoms with Crippen molar-refractivity contribution >= 4 is 0 Å². The Bertz CT molecular complexity index is 1130. The van der Waals surface area contributed by atoms with Crippen molar-refractivity contribution in [3.05, 3.63) is 29.8 Å². The lowest BCUT2D eigenvalue weighted by atomic mass is 9.43. The van der Waals surface area contributed by atoms with Crippen LogP contribution in [-0.4, -0.2) is 48.5 Å². The van der Waals surface area contributed by atoms with Crippen molar-refractivity contribution in [1.29, 1.82) is 0 Å². The molecule has 5 N–H and O–H groups in total. The smallest absolute Gasteiger partial charge is 0.120 e. The molecule has 5 nitrogen and oxygen atoms in total. The molecular formula is C45H79N3O2. The van der Waals surface area contributed by atoms with Gasteiger partial charge in [-0.15, -0.1) is 0 Å². The maximum atomic E-state index is 11.9. The highest BCUT2D eigenvalue weighted by Gasteiger charge is 2.62. The first-order chi connectivity index (χ1) is 24.1. The summed E-state index contributed by atoms with van der Waals surface area (Å²) in [4.78, 5) is 0. The second-order valence-corrected chi connectivity index (χ2v) is 18.8. The van der Waals surface area contributed by atoms with Gasteiger partial charge in [0.1, 0.15) is 5.75 Å². The Morgan fingerprint density at radius 1 is 0.720 bits per heavy atom. The highest BCUT2D eigenvalue weighted by molar-refractivity contribution is 5.31. The normalized spacial score (nSPS) is 34.3. The Morgan fingerprint density at radius 2 is 1.40 bits per heavy atom. The number of aromatic hydroxyl groups is 1. The van der Waals surface area contributed by atoms with E-state index < -0.39 is 0 Å². The zero-order chi connectivity index (χ0) is 35.6. The number of hydrogen-bond donors (Lipinski definition) is 5. The molecule has 5 heteroatoms. The molecular weight excluding hydrogens is 615 g/mol. The van der Waals surface area contributed by atoms with Gasteiger partial charge in [0, 0.05) is 18.2 Å². The molecule has 0 saturated heterocycles. The van der Waals surface area contributed by atoms with Crippen LogP contribution in [0.5, 0.6) is 5.75 Å². The minimum Gasteiger partial charge on any atom is -0.508 e. The summed E-state index contributed by atoms with van der Waals surface area (Å²) in [5.74, 6) is 5.62. The molecule has 0 heterocycles. The lowest BCUT2D eigenvalue weighted by Crippen LogP contribution is -2.59. The van der Waals surface area contributed by atoms with Gasteiger partial charge in [0.2, 0.25) is 0 Å². The van der Waals surface area contributed by atoms with Crippen LogP contribution in [0.1, 0.15) is 156 Å². The predicted molar refractivity (Wildman–Crippen MR) is 211 cm³/mol. The third-order valence-electron chi connectivity index (χ3n) is 15.1. The molecule has 3 unspecified atom stereocenters. The van der Waals surface area contributed by atoms with Crippen LogP contribution in [0.25, 0.3) is 0 Å². The summed E-state index contributed by atoms with van der Waals surface area (Å²) in [5.41, 5.74) is 1.85. The third kappa shape index (κ3) is 10.1. The van der Waals surface area contributed by atoms with Gasteiger partial charge >= 0.3 is 0 Å². The summed E-state index contributed by atoms with van der Waals surface area (Å²) in [6.45, 7) is 17.7. The number of rotatable bonds is 21. The molecule has 10 atom stereocenters. The van der Waals surface area contributed by atoms with Gasteiger partial charge in [-0.1, -0.05) is 97.8 Å². The Balaban J connectivity index is 0.915. The van der Waals surface area contributed by atoms with Crippen LogP contribution >= 0.6 is 0 Å². The Hall–Kier alpha value is -1.14. The molecule has 50 heavy (non-hydrogen) atoms. The van der Waals surface area contributed by atoms with Crippen molar-refractivity contribution in [2.75, 3.05) is 26.2 Å². The SMILES string of the molecule is CC(C)CCC[C@@H](C)[C@H]1CCC2C3C(CC[C@@]21C)[C@@]1(C)CC[C@H](NCCCCCCCCNCCCNCc2ccccc2O)C[C@H]1C[C@@H]3O. The number of phenolic OH excluding ortho intramolecular Hbond substituents is 1. The molecule has 1 aromatic carbocycles. The van der Waals surface area contributed by atoms with E-state index in [1.165, 1.54) is 109 Å². The first-order valence-electron chi connectivity index (χ1n) is 21.7. The summed E-state index contributed by atoms with van der Waals surface area (Å²) in [6, 6.07) is 8.22. The standard InChI is InChI=1S/C45H79N3O2/c1-33(2)16-14-17-34(3)38-20-21-39-43-40(23-25-45(38,39)5)44(4)24-22-37(30-36(44)31-42(43)50)48-29-13-9-7-6-8-12-26-46-27-15-28-47-32-35-18-10-11-19-41(35)49/h10-11,18-19,33-34,36-40,42-43,46-50H,6-9,12-17,20-32H2,1-5H3/t34-,36+,37+,38-,39?,40?,42+,43?,44+,45-/m1/s1. The Morgan fingerprint density at radius 3 is 2.18 bits per heavy atom. The van der Waals surface area contributed by atoms with Crippen LogP contribution in [0.4, 0.5) is 0 Å². The van der Waals surface area contributed by atoms with Crippen LogP contribution in [-0.2, 0) is 6.54 Å². The molecule has 1 aromatic rings. The molecule has 286 valence electrons. The predicted octanol–water partition coefficient (Wildman–Crippen LogP) is 9.85. The van der Waals surface area contributed by atoms with Crippen LogP contribution in [0.15, 0.2) is 24.3 Å². The average molecular weight is 694 g/mol. The summed E-state index contributed by atoms with van der Waals surface area (Å²) < 4.78 is 0. The van der Waals surface area contributed by atoms with Gasteiger partial charge in [0.25, 0.3) is 0 Å². The molecule has 0 spiro atoms. The van der Waals surface area contributed by atoms with E-state index in [0.717, 1.165) is 74.2 Å². The molecule has 0 amide bonds. The maximum Gasteiger partial charge on any atom is 0.120 e. The molecule has 5 rings (SSSR count). The number of phenols is 1. The molecule has 4 saturated carbocycles. The number of fused-ring (bicyclic) bond motifs is 5. The number of benzene rings is 1. The molecule has 4 fully saturated rings. The molecule has 4 aliphatic rings. The minimum atomic E-state index is -0.0789. The largest absolute Gasteiger partial charge is 0.508 e. The van der Waals surface area contributed by atoms with Crippen LogP contribution < -0.4 is 16.0 Å². The van der Waals surface area contributed by atoms with Crippen LogP contribution in [0.2, 0.25) is 0 Å². The van der Waals surface area contributed by atoms with E-state index in [-0.39, 0.29) is 6.10 Å². The van der Waals surface area contributed by atoms with Gasteiger partial charge < -0.3 is 26.2 Å². The van der Waals surface area contributed by atoms with E-state index in [9.17, 15) is 10.2 Å². The number of unbranched alkanes of at least 4 members (excludes halogenated alkanes) is 5. The van der Waals surface area contributed by atoms with Crippen molar-refractivity contribution in [2.45, 2.75) is 169 Å². The first-order valence-corrected chi connectivity index (χ1v) is 21.7. The lowest BCUT2D eigenvalue weighted by molar-refractivity contribution is -0.167. The Labute approximate surface area is 308 Å². The van der Waals surface area contributed by atoms with Crippen molar-refractivity contribution in [3.8, 4) is 5.75 Å². The summed E-state index contributed by atoms with van der Waals surface area (Å²) in [7, 11) is 0. The molecule has 0 bridgehead atoms. The molecule has 0 radical (unpaired) electrons. The van der Waals surface area contributed by atoms with E-state index in [4.69, 9.17) is 0 Å². The van der Waals surface area contributed by atoms with E-state index in [2.05, 4.69) is 50.6 Å². The van der Waals surface area contributed by atoms with E-state index in [1.54, 1.807) is 6.07 Å². The second-order valence-electron chi connectivity index (χ2n) is 18.8. The zero-order valence-electron chi connectivity index (χ0n) is 33.2. The number of aliphatic hydroxyl groups excluding tert-OH is 1. The van der Waals surface area contributed by atoms with E-state index in [0.29, 0.717) is 34.5 Å². The first kappa shape index (κ1) is 40.1.